The molecule has 1 fully saturated rings. The van der Waals surface area contributed by atoms with E-state index in [2.05, 4.69) is 35.0 Å². The van der Waals surface area contributed by atoms with Crippen LogP contribution in [0.1, 0.15) is 31.2 Å². The van der Waals surface area contributed by atoms with Gasteiger partial charge in [0.2, 0.25) is 0 Å². The van der Waals surface area contributed by atoms with Crippen molar-refractivity contribution in [3.8, 4) is 0 Å². The molecule has 0 saturated heterocycles. The van der Waals surface area contributed by atoms with E-state index in [0.717, 1.165) is 37.0 Å². The minimum Gasteiger partial charge on any atom is -0.367 e. The van der Waals surface area contributed by atoms with Gasteiger partial charge >= 0.3 is 6.03 Å². The average molecular weight is 409 g/mol. The number of fused-ring (bicyclic) bond motifs is 1. The van der Waals surface area contributed by atoms with Crippen LogP contribution in [0, 0.1) is 6.92 Å². The number of pyridine rings is 1. The summed E-state index contributed by atoms with van der Waals surface area (Å²) in [7, 11) is 0. The number of anilines is 2. The van der Waals surface area contributed by atoms with Gasteiger partial charge in [0, 0.05) is 17.5 Å². The summed E-state index contributed by atoms with van der Waals surface area (Å²) >= 11 is 6.10. The molecule has 1 aliphatic carbocycles. The summed E-state index contributed by atoms with van der Waals surface area (Å²) in [4.78, 5) is 17.0. The number of aryl methyl sites for hydroxylation is 1. The summed E-state index contributed by atoms with van der Waals surface area (Å²) in [6.45, 7) is 2.12. The molecule has 1 heterocycles. The lowest BCUT2D eigenvalue weighted by atomic mass is 9.91. The fourth-order valence-corrected chi connectivity index (χ4v) is 4.10. The number of nitrogens with zero attached hydrogens (tertiary/aromatic N) is 1. The van der Waals surface area contributed by atoms with Gasteiger partial charge in [0.1, 0.15) is 5.82 Å². The van der Waals surface area contributed by atoms with Crippen molar-refractivity contribution in [1.82, 2.24) is 10.3 Å². The Morgan fingerprint density at radius 1 is 1.00 bits per heavy atom. The highest BCUT2D eigenvalue weighted by molar-refractivity contribution is 6.33. The molecule has 5 nitrogen and oxygen atoms in total. The number of aromatic nitrogens is 1. The van der Waals surface area contributed by atoms with E-state index in [0.29, 0.717) is 16.8 Å². The molecule has 0 radical (unpaired) electrons. The summed E-state index contributed by atoms with van der Waals surface area (Å²) in [6.07, 6.45) is 3.84. The minimum absolute atomic E-state index is 0.168. The first-order valence-electron chi connectivity index (χ1n) is 10.0. The fourth-order valence-electron chi connectivity index (χ4n) is 3.92. The Balaban J connectivity index is 1.29. The third-order valence-corrected chi connectivity index (χ3v) is 5.79. The maximum atomic E-state index is 12.3. The summed E-state index contributed by atoms with van der Waals surface area (Å²) in [5.41, 5.74) is 2.87. The Morgan fingerprint density at radius 2 is 1.69 bits per heavy atom. The van der Waals surface area contributed by atoms with Crippen molar-refractivity contribution in [1.29, 1.82) is 0 Å². The first-order chi connectivity index (χ1) is 14.1. The zero-order valence-electron chi connectivity index (χ0n) is 16.4. The minimum atomic E-state index is -0.207. The molecular weight excluding hydrogens is 384 g/mol. The molecule has 3 N–H and O–H groups in total. The van der Waals surface area contributed by atoms with Gasteiger partial charge < -0.3 is 16.0 Å². The molecule has 2 aromatic carbocycles. The van der Waals surface area contributed by atoms with Crippen LogP contribution in [-0.2, 0) is 0 Å². The zero-order valence-corrected chi connectivity index (χ0v) is 17.2. The average Bonchev–Trinajstić information content (AvgIpc) is 2.71. The molecule has 1 saturated carbocycles. The smallest absolute Gasteiger partial charge is 0.319 e. The second-order valence-corrected chi connectivity index (χ2v) is 8.02. The van der Waals surface area contributed by atoms with Gasteiger partial charge in [-0.2, -0.15) is 0 Å². The van der Waals surface area contributed by atoms with Crippen LogP contribution in [0.2, 0.25) is 5.02 Å². The van der Waals surface area contributed by atoms with Gasteiger partial charge in [-0.25, -0.2) is 9.78 Å². The van der Waals surface area contributed by atoms with Crippen molar-refractivity contribution >= 4 is 40.0 Å². The summed E-state index contributed by atoms with van der Waals surface area (Å²) in [5, 5.41) is 11.2. The van der Waals surface area contributed by atoms with Crippen LogP contribution in [0.3, 0.4) is 0 Å². The SMILES string of the molecule is Cc1cc(NC2CCC(NC(=O)Nc3ccccc3Cl)CC2)nc2ccccc12. The molecule has 6 heteroatoms. The largest absolute Gasteiger partial charge is 0.367 e. The lowest BCUT2D eigenvalue weighted by molar-refractivity contribution is 0.243. The van der Waals surface area contributed by atoms with Crippen LogP contribution in [0.5, 0.6) is 0 Å². The molecule has 4 rings (SSSR count). The normalized spacial score (nSPS) is 19.0. The maximum absolute atomic E-state index is 12.3. The van der Waals surface area contributed by atoms with Gasteiger partial charge in [-0.15, -0.1) is 0 Å². The van der Waals surface area contributed by atoms with Gasteiger partial charge in [0.15, 0.2) is 0 Å². The topological polar surface area (TPSA) is 66.0 Å². The Bertz CT molecular complexity index is 1010. The second kappa shape index (κ2) is 8.70. The highest BCUT2D eigenvalue weighted by Gasteiger charge is 2.23. The van der Waals surface area contributed by atoms with Crippen LogP contribution < -0.4 is 16.0 Å². The van der Waals surface area contributed by atoms with Crippen molar-refractivity contribution < 1.29 is 4.79 Å². The van der Waals surface area contributed by atoms with Gasteiger partial charge in [-0.3, -0.25) is 0 Å². The number of urea groups is 1. The number of halogens is 1. The standard InChI is InChI=1S/C23H25ClN4O/c1-15-14-22(27-20-8-4-2-6-18(15)20)25-16-10-12-17(13-11-16)26-23(29)28-21-9-5-3-7-19(21)24/h2-9,14,16-17H,10-13H2,1H3,(H,25,27)(H2,26,28,29). The van der Waals surface area contributed by atoms with Crippen molar-refractivity contribution in [2.24, 2.45) is 0 Å². The van der Waals surface area contributed by atoms with E-state index in [9.17, 15) is 4.79 Å². The predicted octanol–water partition coefficient (Wildman–Crippen LogP) is 5.74. The number of nitrogens with one attached hydrogen (secondary N) is 3. The first-order valence-corrected chi connectivity index (χ1v) is 10.4. The molecule has 0 aliphatic heterocycles. The monoisotopic (exact) mass is 408 g/mol. The van der Waals surface area contributed by atoms with Crippen molar-refractivity contribution in [3.63, 3.8) is 0 Å². The van der Waals surface area contributed by atoms with Crippen LogP contribution in [-0.4, -0.2) is 23.1 Å². The molecule has 2 amide bonds. The maximum Gasteiger partial charge on any atom is 0.319 e. The first kappa shape index (κ1) is 19.5. The highest BCUT2D eigenvalue weighted by Crippen LogP contribution is 2.25. The number of carbonyl (C=O) groups excluding carboxylic acids is 1. The molecule has 0 unspecified atom stereocenters. The molecule has 29 heavy (non-hydrogen) atoms. The third-order valence-electron chi connectivity index (χ3n) is 5.46. The molecular formula is C23H25ClN4O. The quantitative estimate of drug-likeness (QED) is 0.515. The van der Waals surface area contributed by atoms with Gasteiger partial charge in [-0.05, 0) is 62.4 Å². The van der Waals surface area contributed by atoms with Crippen LogP contribution >= 0.6 is 11.6 Å². The van der Waals surface area contributed by atoms with E-state index in [-0.39, 0.29) is 12.1 Å². The molecule has 0 bridgehead atoms. The van der Waals surface area contributed by atoms with Crippen LogP contribution in [0.15, 0.2) is 54.6 Å². The van der Waals surface area contributed by atoms with Crippen LogP contribution in [0.4, 0.5) is 16.3 Å². The van der Waals surface area contributed by atoms with E-state index >= 15 is 0 Å². The number of rotatable bonds is 4. The van der Waals surface area contributed by atoms with Gasteiger partial charge in [0.25, 0.3) is 0 Å². The number of hydrogen-bond acceptors (Lipinski definition) is 3. The lowest BCUT2D eigenvalue weighted by Gasteiger charge is -2.30. The predicted molar refractivity (Wildman–Crippen MR) is 120 cm³/mol. The Kier molecular flexibility index (Phi) is 5.86. The van der Waals surface area contributed by atoms with Gasteiger partial charge in [-0.1, -0.05) is 41.9 Å². The molecule has 3 aromatic rings. The molecule has 0 atom stereocenters. The number of amides is 2. The third kappa shape index (κ3) is 4.80. The van der Waals surface area contributed by atoms with E-state index in [4.69, 9.17) is 16.6 Å². The fraction of sp³-hybridized carbons (Fsp3) is 0.304. The molecule has 1 aliphatic rings. The summed E-state index contributed by atoms with van der Waals surface area (Å²) in [5.74, 6) is 0.925. The number of benzene rings is 2. The van der Waals surface area contributed by atoms with E-state index in [1.54, 1.807) is 12.1 Å². The van der Waals surface area contributed by atoms with Crippen LogP contribution in [0.25, 0.3) is 10.9 Å². The van der Waals surface area contributed by atoms with E-state index in [1.807, 2.05) is 30.3 Å². The zero-order chi connectivity index (χ0) is 20.2. The molecule has 150 valence electrons. The highest BCUT2D eigenvalue weighted by atomic mass is 35.5. The molecule has 1 aromatic heterocycles. The second-order valence-electron chi connectivity index (χ2n) is 7.61. The number of hydrogen-bond donors (Lipinski definition) is 3. The van der Waals surface area contributed by atoms with E-state index in [1.165, 1.54) is 10.9 Å². The van der Waals surface area contributed by atoms with Crippen molar-refractivity contribution in [2.75, 3.05) is 10.6 Å². The Morgan fingerprint density at radius 3 is 2.48 bits per heavy atom. The van der Waals surface area contributed by atoms with Crippen molar-refractivity contribution in [3.05, 3.63) is 65.2 Å². The Hall–Kier alpha value is -2.79. The lowest BCUT2D eigenvalue weighted by Crippen LogP contribution is -2.42. The molecule has 0 spiro atoms. The number of carbonyl (C=O) groups is 1. The summed E-state index contributed by atoms with van der Waals surface area (Å²) in [6, 6.07) is 17.9. The van der Waals surface area contributed by atoms with E-state index < -0.39 is 0 Å². The van der Waals surface area contributed by atoms with Gasteiger partial charge in [0.05, 0.1) is 16.2 Å². The number of para-hydroxylation sites is 2. The Labute approximate surface area is 175 Å². The summed E-state index contributed by atoms with van der Waals surface area (Å²) < 4.78 is 0. The van der Waals surface area contributed by atoms with Crippen molar-refractivity contribution in [2.45, 2.75) is 44.7 Å².